The third-order valence-electron chi connectivity index (χ3n) is 5.35. The highest BCUT2D eigenvalue weighted by atomic mass is 35.5. The fourth-order valence-corrected chi connectivity index (χ4v) is 3.82. The number of hydrogen-bond acceptors (Lipinski definition) is 3. The predicted octanol–water partition coefficient (Wildman–Crippen LogP) is 3.67. The van der Waals surface area contributed by atoms with Crippen LogP contribution in [0.5, 0.6) is 0 Å². The summed E-state index contributed by atoms with van der Waals surface area (Å²) in [6.07, 6.45) is 1.29. The highest BCUT2D eigenvalue weighted by molar-refractivity contribution is 6.33. The number of nitrogens with zero attached hydrogens (tertiary/aromatic N) is 2. The molecule has 1 N–H and O–H groups in total. The number of rotatable bonds is 6. The molecule has 3 rings (SSSR count). The van der Waals surface area contributed by atoms with Crippen LogP contribution in [0, 0.1) is 13.8 Å². The van der Waals surface area contributed by atoms with Gasteiger partial charge in [-0.05, 0) is 43.5 Å². The average molecular weight is 414 g/mol. The van der Waals surface area contributed by atoms with Crippen LogP contribution in [0.3, 0.4) is 0 Å². The lowest BCUT2D eigenvalue weighted by atomic mass is 10.0. The van der Waals surface area contributed by atoms with Crippen LogP contribution in [-0.2, 0) is 16.0 Å². The van der Waals surface area contributed by atoms with Gasteiger partial charge >= 0.3 is 0 Å². The molecule has 6 heteroatoms. The van der Waals surface area contributed by atoms with Gasteiger partial charge in [-0.3, -0.25) is 14.5 Å². The quantitative estimate of drug-likeness (QED) is 0.786. The number of carbonyl (C=O) groups is 2. The Morgan fingerprint density at radius 3 is 2.45 bits per heavy atom. The van der Waals surface area contributed by atoms with Crippen molar-refractivity contribution < 1.29 is 9.59 Å². The number of benzene rings is 2. The van der Waals surface area contributed by atoms with E-state index in [0.717, 1.165) is 6.42 Å². The number of carbonyl (C=O) groups excluding carboxylic acids is 2. The van der Waals surface area contributed by atoms with Gasteiger partial charge in [0, 0.05) is 32.6 Å². The Bertz CT molecular complexity index is 876. The molecular weight excluding hydrogens is 386 g/mol. The van der Waals surface area contributed by atoms with E-state index in [1.54, 1.807) is 12.1 Å². The van der Waals surface area contributed by atoms with Crippen LogP contribution < -0.4 is 5.32 Å². The van der Waals surface area contributed by atoms with Crippen molar-refractivity contribution in [2.75, 3.05) is 38.0 Å². The van der Waals surface area contributed by atoms with Crippen molar-refractivity contribution in [2.24, 2.45) is 0 Å². The van der Waals surface area contributed by atoms with Crippen LogP contribution in [-0.4, -0.2) is 54.3 Å². The van der Waals surface area contributed by atoms with E-state index in [0.29, 0.717) is 49.9 Å². The number of aryl methyl sites for hydroxylation is 3. The Morgan fingerprint density at radius 1 is 1.03 bits per heavy atom. The average Bonchev–Trinajstić information content (AvgIpc) is 2.69. The number of anilines is 1. The molecule has 0 unspecified atom stereocenters. The second-order valence-corrected chi connectivity index (χ2v) is 8.02. The Kier molecular flexibility index (Phi) is 7.29. The maximum Gasteiger partial charge on any atom is 0.238 e. The van der Waals surface area contributed by atoms with Crippen molar-refractivity contribution in [3.63, 3.8) is 0 Å². The van der Waals surface area contributed by atoms with E-state index < -0.39 is 0 Å². The Hall–Kier alpha value is -2.37. The zero-order chi connectivity index (χ0) is 20.8. The van der Waals surface area contributed by atoms with E-state index in [-0.39, 0.29) is 11.8 Å². The molecule has 29 heavy (non-hydrogen) atoms. The Labute approximate surface area is 177 Å². The molecule has 1 saturated heterocycles. The van der Waals surface area contributed by atoms with Gasteiger partial charge in [-0.25, -0.2) is 0 Å². The summed E-state index contributed by atoms with van der Waals surface area (Å²) in [6, 6.07) is 13.6. The molecule has 0 aliphatic carbocycles. The minimum atomic E-state index is -0.0901. The summed E-state index contributed by atoms with van der Waals surface area (Å²) in [5, 5.41) is 3.37. The summed E-state index contributed by atoms with van der Waals surface area (Å²) in [5.74, 6) is 0.0952. The van der Waals surface area contributed by atoms with Gasteiger partial charge in [0.1, 0.15) is 0 Å². The maximum absolute atomic E-state index is 12.6. The van der Waals surface area contributed by atoms with Gasteiger partial charge in [-0.2, -0.15) is 0 Å². The van der Waals surface area contributed by atoms with Crippen LogP contribution in [0.1, 0.15) is 23.1 Å². The second-order valence-electron chi connectivity index (χ2n) is 7.61. The van der Waals surface area contributed by atoms with E-state index in [1.165, 1.54) is 16.7 Å². The van der Waals surface area contributed by atoms with Crippen molar-refractivity contribution in [1.29, 1.82) is 0 Å². The molecule has 0 bridgehead atoms. The largest absolute Gasteiger partial charge is 0.340 e. The number of hydrogen-bond donors (Lipinski definition) is 1. The summed E-state index contributed by atoms with van der Waals surface area (Å²) in [5.41, 5.74) is 4.35. The third kappa shape index (κ3) is 6.05. The standard InChI is InChI=1S/C23H28ClN3O2/c1-17-7-8-19(18(2)15-17)9-10-23(29)27-13-11-26(12-14-27)16-22(28)25-21-6-4-3-5-20(21)24/h3-8,15H,9-14,16H2,1-2H3,(H,25,28). The first kappa shape index (κ1) is 21.3. The van der Waals surface area contributed by atoms with Crippen molar-refractivity contribution in [3.05, 3.63) is 64.2 Å². The molecule has 1 aliphatic rings. The second kappa shape index (κ2) is 9.90. The van der Waals surface area contributed by atoms with Crippen molar-refractivity contribution in [3.8, 4) is 0 Å². The molecule has 1 fully saturated rings. The summed E-state index contributed by atoms with van der Waals surface area (Å²) >= 11 is 6.08. The summed E-state index contributed by atoms with van der Waals surface area (Å²) in [4.78, 5) is 28.8. The summed E-state index contributed by atoms with van der Waals surface area (Å²) < 4.78 is 0. The Balaban J connectivity index is 1.42. The summed E-state index contributed by atoms with van der Waals surface area (Å²) in [6.45, 7) is 7.19. The van der Waals surface area contributed by atoms with Crippen molar-refractivity contribution >= 4 is 29.1 Å². The molecule has 0 spiro atoms. The lowest BCUT2D eigenvalue weighted by Crippen LogP contribution is -2.50. The van der Waals surface area contributed by atoms with Crippen LogP contribution in [0.4, 0.5) is 5.69 Å². The fraction of sp³-hybridized carbons (Fsp3) is 0.391. The molecule has 5 nitrogen and oxygen atoms in total. The first-order chi connectivity index (χ1) is 13.9. The van der Waals surface area contributed by atoms with Gasteiger partial charge in [0.05, 0.1) is 17.3 Å². The van der Waals surface area contributed by atoms with E-state index in [1.807, 2.05) is 17.0 Å². The lowest BCUT2D eigenvalue weighted by Gasteiger charge is -2.34. The van der Waals surface area contributed by atoms with Crippen LogP contribution in [0.25, 0.3) is 0 Å². The van der Waals surface area contributed by atoms with Gasteiger partial charge < -0.3 is 10.2 Å². The third-order valence-corrected chi connectivity index (χ3v) is 5.68. The van der Waals surface area contributed by atoms with Crippen LogP contribution >= 0.6 is 11.6 Å². The SMILES string of the molecule is Cc1ccc(CCC(=O)N2CCN(CC(=O)Nc3ccccc3Cl)CC2)c(C)c1. The molecular formula is C23H28ClN3O2. The van der Waals surface area contributed by atoms with Crippen molar-refractivity contribution in [1.82, 2.24) is 9.80 Å². The minimum Gasteiger partial charge on any atom is -0.340 e. The smallest absolute Gasteiger partial charge is 0.238 e. The minimum absolute atomic E-state index is 0.0901. The van der Waals surface area contributed by atoms with E-state index >= 15 is 0 Å². The highest BCUT2D eigenvalue weighted by Crippen LogP contribution is 2.20. The Morgan fingerprint density at radius 2 is 1.76 bits per heavy atom. The zero-order valence-electron chi connectivity index (χ0n) is 17.1. The first-order valence-corrected chi connectivity index (χ1v) is 10.4. The number of nitrogens with one attached hydrogen (secondary N) is 1. The monoisotopic (exact) mass is 413 g/mol. The molecule has 0 atom stereocenters. The van der Waals surface area contributed by atoms with E-state index in [2.05, 4.69) is 42.3 Å². The molecule has 2 amide bonds. The molecule has 0 aromatic heterocycles. The molecule has 1 heterocycles. The van der Waals surface area contributed by atoms with Gasteiger partial charge in [0.15, 0.2) is 0 Å². The van der Waals surface area contributed by atoms with Gasteiger partial charge in [-0.1, -0.05) is 47.5 Å². The first-order valence-electron chi connectivity index (χ1n) is 10.0. The predicted molar refractivity (Wildman–Crippen MR) is 117 cm³/mol. The molecule has 2 aromatic rings. The molecule has 0 radical (unpaired) electrons. The molecule has 154 valence electrons. The van der Waals surface area contributed by atoms with Crippen LogP contribution in [0.15, 0.2) is 42.5 Å². The fourth-order valence-electron chi connectivity index (χ4n) is 3.64. The number of piperazine rings is 1. The molecule has 2 aromatic carbocycles. The topological polar surface area (TPSA) is 52.7 Å². The van der Waals surface area contributed by atoms with Crippen molar-refractivity contribution in [2.45, 2.75) is 26.7 Å². The van der Waals surface area contributed by atoms with E-state index in [4.69, 9.17) is 11.6 Å². The number of para-hydroxylation sites is 1. The highest BCUT2D eigenvalue weighted by Gasteiger charge is 2.22. The lowest BCUT2D eigenvalue weighted by molar-refractivity contribution is -0.133. The maximum atomic E-state index is 12.6. The van der Waals surface area contributed by atoms with Gasteiger partial charge in [-0.15, -0.1) is 0 Å². The van der Waals surface area contributed by atoms with Crippen LogP contribution in [0.2, 0.25) is 5.02 Å². The molecule has 0 saturated carbocycles. The number of halogens is 1. The number of amides is 2. The molecule has 1 aliphatic heterocycles. The zero-order valence-corrected chi connectivity index (χ0v) is 17.8. The van der Waals surface area contributed by atoms with E-state index in [9.17, 15) is 9.59 Å². The summed E-state index contributed by atoms with van der Waals surface area (Å²) in [7, 11) is 0. The normalized spacial score (nSPS) is 14.7. The van der Waals surface area contributed by atoms with Gasteiger partial charge in [0.25, 0.3) is 0 Å². The van der Waals surface area contributed by atoms with Gasteiger partial charge in [0.2, 0.25) is 11.8 Å².